The first kappa shape index (κ1) is 9.68. The van der Waals surface area contributed by atoms with Crippen molar-refractivity contribution in [2.24, 2.45) is 0 Å². The van der Waals surface area contributed by atoms with Gasteiger partial charge in [-0.3, -0.25) is 4.40 Å². The Kier molecular flexibility index (Phi) is 2.56. The summed E-state index contributed by atoms with van der Waals surface area (Å²) in [6.45, 7) is 2.86. The monoisotopic (exact) mass is 253 g/mol. The Hall–Kier alpha value is -0.870. The predicted molar refractivity (Wildman–Crippen MR) is 60.4 cm³/mol. The van der Waals surface area contributed by atoms with Crippen LogP contribution in [0.2, 0.25) is 0 Å². The third-order valence-electron chi connectivity index (χ3n) is 2.22. The fourth-order valence-electron chi connectivity index (χ4n) is 1.67. The van der Waals surface area contributed by atoms with Crippen molar-refractivity contribution >= 4 is 21.4 Å². The van der Waals surface area contributed by atoms with Crippen LogP contribution in [0.1, 0.15) is 11.5 Å². The van der Waals surface area contributed by atoms with E-state index in [0.29, 0.717) is 0 Å². The van der Waals surface area contributed by atoms with E-state index in [0.717, 1.165) is 22.5 Å². The van der Waals surface area contributed by atoms with Crippen molar-refractivity contribution in [3.63, 3.8) is 0 Å². The van der Waals surface area contributed by atoms with E-state index in [1.54, 1.807) is 0 Å². The summed E-state index contributed by atoms with van der Waals surface area (Å²) in [5.41, 5.74) is 2.34. The largest absolute Gasteiger partial charge is 0.314 e. The molecule has 0 spiro atoms. The van der Waals surface area contributed by atoms with Gasteiger partial charge < -0.3 is 5.32 Å². The van der Waals surface area contributed by atoms with E-state index < -0.39 is 0 Å². The summed E-state index contributed by atoms with van der Waals surface area (Å²) in [7, 11) is 1.94. The molecule has 0 saturated carbocycles. The molecule has 2 rings (SSSR count). The zero-order valence-corrected chi connectivity index (χ0v) is 9.80. The molecule has 0 aliphatic rings. The van der Waals surface area contributed by atoms with Crippen LogP contribution in [0.15, 0.2) is 22.8 Å². The number of aromatic nitrogens is 2. The second kappa shape index (κ2) is 3.71. The summed E-state index contributed by atoms with van der Waals surface area (Å²) < 4.78 is 3.06. The maximum absolute atomic E-state index is 4.38. The number of aryl methyl sites for hydroxylation is 1. The van der Waals surface area contributed by atoms with Crippen LogP contribution >= 0.6 is 15.9 Å². The topological polar surface area (TPSA) is 29.3 Å². The van der Waals surface area contributed by atoms with Gasteiger partial charge in [0.05, 0.1) is 5.52 Å². The zero-order chi connectivity index (χ0) is 10.1. The Morgan fingerprint density at radius 3 is 3.00 bits per heavy atom. The molecule has 1 N–H and O–H groups in total. The number of pyridine rings is 1. The lowest BCUT2D eigenvalue weighted by molar-refractivity contribution is 0.769. The van der Waals surface area contributed by atoms with Crippen LogP contribution in [0, 0.1) is 6.92 Å². The van der Waals surface area contributed by atoms with Crippen molar-refractivity contribution in [3.05, 3.63) is 34.3 Å². The highest BCUT2D eigenvalue weighted by Crippen LogP contribution is 2.20. The van der Waals surface area contributed by atoms with Gasteiger partial charge in [0.15, 0.2) is 0 Å². The second-order valence-electron chi connectivity index (χ2n) is 3.22. The fraction of sp³-hybridized carbons (Fsp3) is 0.300. The minimum Gasteiger partial charge on any atom is -0.314 e. The Morgan fingerprint density at radius 1 is 1.50 bits per heavy atom. The molecule has 0 fully saturated rings. The van der Waals surface area contributed by atoms with Crippen LogP contribution in [0.5, 0.6) is 0 Å². The molecule has 0 saturated heterocycles. The lowest BCUT2D eigenvalue weighted by Gasteiger charge is -2.05. The van der Waals surface area contributed by atoms with E-state index in [1.807, 2.05) is 20.0 Å². The van der Waals surface area contributed by atoms with Crippen LogP contribution in [0.25, 0.3) is 5.52 Å². The molecule has 2 heterocycles. The average molecular weight is 254 g/mol. The number of rotatable bonds is 2. The fourth-order valence-corrected chi connectivity index (χ4v) is 2.23. The van der Waals surface area contributed by atoms with E-state index in [2.05, 4.69) is 42.8 Å². The van der Waals surface area contributed by atoms with E-state index in [-0.39, 0.29) is 0 Å². The molecule has 0 unspecified atom stereocenters. The molecular formula is C10H12BrN3. The van der Waals surface area contributed by atoms with Gasteiger partial charge in [-0.1, -0.05) is 6.07 Å². The summed E-state index contributed by atoms with van der Waals surface area (Å²) in [4.78, 5) is 4.38. The normalized spacial score (nSPS) is 11.1. The summed E-state index contributed by atoms with van der Waals surface area (Å²) in [6, 6.07) is 6.21. The molecule has 0 bridgehead atoms. The lowest BCUT2D eigenvalue weighted by atomic mass is 10.3. The molecule has 0 amide bonds. The molecule has 4 heteroatoms. The maximum Gasteiger partial charge on any atom is 0.132 e. The predicted octanol–water partition coefficient (Wildman–Crippen LogP) is 2.12. The molecule has 2 aromatic heterocycles. The number of hydrogen-bond acceptors (Lipinski definition) is 2. The van der Waals surface area contributed by atoms with Gasteiger partial charge in [0.2, 0.25) is 0 Å². The highest BCUT2D eigenvalue weighted by molar-refractivity contribution is 9.10. The zero-order valence-electron chi connectivity index (χ0n) is 8.21. The molecule has 74 valence electrons. The maximum atomic E-state index is 4.38. The number of fused-ring (bicyclic) bond motifs is 1. The van der Waals surface area contributed by atoms with Crippen LogP contribution in [-0.2, 0) is 6.54 Å². The number of nitrogens with one attached hydrogen (secondary N) is 1. The van der Waals surface area contributed by atoms with Gasteiger partial charge in [0.1, 0.15) is 10.4 Å². The van der Waals surface area contributed by atoms with E-state index in [9.17, 15) is 0 Å². The van der Waals surface area contributed by atoms with E-state index in [4.69, 9.17) is 0 Å². The van der Waals surface area contributed by atoms with Gasteiger partial charge in [-0.15, -0.1) is 0 Å². The molecule has 14 heavy (non-hydrogen) atoms. The van der Waals surface area contributed by atoms with Crippen LogP contribution in [0.3, 0.4) is 0 Å². The summed E-state index contributed by atoms with van der Waals surface area (Å²) in [5.74, 6) is 1.01. The van der Waals surface area contributed by atoms with Crippen LogP contribution < -0.4 is 5.32 Å². The Bertz CT molecular complexity index is 462. The second-order valence-corrected chi connectivity index (χ2v) is 3.97. The van der Waals surface area contributed by atoms with E-state index in [1.165, 1.54) is 5.69 Å². The number of imidazole rings is 1. The summed E-state index contributed by atoms with van der Waals surface area (Å²) in [6.07, 6.45) is 0. The van der Waals surface area contributed by atoms with Gasteiger partial charge in [-0.2, -0.15) is 0 Å². The first-order chi connectivity index (χ1) is 6.74. The van der Waals surface area contributed by atoms with Gasteiger partial charge in [-0.25, -0.2) is 4.98 Å². The van der Waals surface area contributed by atoms with Gasteiger partial charge in [0.25, 0.3) is 0 Å². The van der Waals surface area contributed by atoms with Crippen molar-refractivity contribution in [1.29, 1.82) is 0 Å². The molecule has 2 aromatic rings. The smallest absolute Gasteiger partial charge is 0.132 e. The Morgan fingerprint density at radius 2 is 2.29 bits per heavy atom. The minimum absolute atomic E-state index is 0.848. The van der Waals surface area contributed by atoms with Crippen LogP contribution in [0.4, 0.5) is 0 Å². The first-order valence-corrected chi connectivity index (χ1v) is 5.30. The lowest BCUT2D eigenvalue weighted by Crippen LogP contribution is -2.09. The van der Waals surface area contributed by atoms with Crippen molar-refractivity contribution in [2.75, 3.05) is 7.05 Å². The van der Waals surface area contributed by atoms with Gasteiger partial charge in [0, 0.05) is 12.2 Å². The van der Waals surface area contributed by atoms with Crippen LogP contribution in [-0.4, -0.2) is 16.4 Å². The quantitative estimate of drug-likeness (QED) is 0.889. The van der Waals surface area contributed by atoms with E-state index >= 15 is 0 Å². The summed E-state index contributed by atoms with van der Waals surface area (Å²) in [5, 5.41) is 3.15. The molecular weight excluding hydrogens is 242 g/mol. The number of hydrogen-bond donors (Lipinski definition) is 1. The molecule has 0 aliphatic heterocycles. The SMILES string of the molecule is CNCc1cccc2c(Br)nc(C)n12. The highest BCUT2D eigenvalue weighted by atomic mass is 79.9. The minimum atomic E-state index is 0.848. The molecule has 0 atom stereocenters. The molecule has 0 aliphatic carbocycles. The number of halogens is 1. The Balaban J connectivity index is 2.72. The van der Waals surface area contributed by atoms with Crippen molar-refractivity contribution in [1.82, 2.24) is 14.7 Å². The summed E-state index contributed by atoms with van der Waals surface area (Å²) >= 11 is 3.45. The van der Waals surface area contributed by atoms with Crippen molar-refractivity contribution < 1.29 is 0 Å². The number of nitrogens with zero attached hydrogens (tertiary/aromatic N) is 2. The average Bonchev–Trinajstić information content (AvgIpc) is 2.44. The van der Waals surface area contributed by atoms with Crippen molar-refractivity contribution in [3.8, 4) is 0 Å². The first-order valence-electron chi connectivity index (χ1n) is 4.51. The molecule has 0 radical (unpaired) electrons. The third-order valence-corrected chi connectivity index (χ3v) is 2.81. The van der Waals surface area contributed by atoms with Gasteiger partial charge >= 0.3 is 0 Å². The van der Waals surface area contributed by atoms with Crippen molar-refractivity contribution in [2.45, 2.75) is 13.5 Å². The molecule has 3 nitrogen and oxygen atoms in total. The highest BCUT2D eigenvalue weighted by Gasteiger charge is 2.07. The Labute approximate surface area is 91.3 Å². The van der Waals surface area contributed by atoms with Gasteiger partial charge in [-0.05, 0) is 42.0 Å². The third kappa shape index (κ3) is 1.44. The molecule has 0 aromatic carbocycles. The standard InChI is InChI=1S/C10H12BrN3/c1-7-13-10(11)9-5-3-4-8(6-12-2)14(7)9/h3-5,12H,6H2,1-2H3.